The number of hydrogen-bond donors (Lipinski definition) is 0. The van der Waals surface area contributed by atoms with E-state index in [0.717, 1.165) is 4.09 Å². The Kier molecular flexibility index (Phi) is 3.42. The van der Waals surface area contributed by atoms with Gasteiger partial charge < -0.3 is 4.74 Å². The van der Waals surface area contributed by atoms with Gasteiger partial charge in [0.05, 0.1) is 17.5 Å². The number of nitrogens with zero attached hydrogens (tertiary/aromatic N) is 2. The monoisotopic (exact) mass is 316 g/mol. The summed E-state index contributed by atoms with van der Waals surface area (Å²) in [5, 5.41) is 4.36. The van der Waals surface area contributed by atoms with Gasteiger partial charge >= 0.3 is 0 Å². The van der Waals surface area contributed by atoms with Crippen molar-refractivity contribution in [1.82, 2.24) is 9.19 Å². The van der Waals surface area contributed by atoms with Gasteiger partial charge in [0.1, 0.15) is 11.4 Å². The fraction of sp³-hybridized carbons (Fsp3) is 0.0667. The van der Waals surface area contributed by atoms with Crippen LogP contribution in [0, 0.1) is 0 Å². The van der Waals surface area contributed by atoms with Crippen molar-refractivity contribution in [2.75, 3.05) is 7.11 Å². The van der Waals surface area contributed by atoms with Gasteiger partial charge in [-0.3, -0.25) is 4.79 Å². The summed E-state index contributed by atoms with van der Waals surface area (Å²) in [6.07, 6.45) is 0.527. The molecule has 0 bridgehead atoms. The first-order valence-corrected chi connectivity index (χ1v) is 7.84. The first-order valence-electron chi connectivity index (χ1n) is 6.40. The number of rotatable bonds is 4. The number of hydrogen-bond acceptors (Lipinski definition) is 5. The summed E-state index contributed by atoms with van der Waals surface area (Å²) < 4.78 is 31.3. The van der Waals surface area contributed by atoms with Gasteiger partial charge in [0.2, 0.25) is 0 Å². The zero-order valence-electron chi connectivity index (χ0n) is 11.6. The molecule has 0 spiro atoms. The second-order valence-corrected chi connectivity index (χ2v) is 6.31. The summed E-state index contributed by atoms with van der Waals surface area (Å²) >= 11 is 0. The fourth-order valence-electron chi connectivity index (χ4n) is 2.18. The molecule has 3 rings (SSSR count). The second kappa shape index (κ2) is 5.27. The van der Waals surface area contributed by atoms with Gasteiger partial charge in [-0.05, 0) is 30.3 Å². The van der Waals surface area contributed by atoms with E-state index < -0.39 is 10.0 Å². The van der Waals surface area contributed by atoms with Crippen molar-refractivity contribution in [2.24, 2.45) is 0 Å². The summed E-state index contributed by atoms with van der Waals surface area (Å²) in [4.78, 5) is 11.3. The molecule has 7 heteroatoms. The molecule has 0 saturated heterocycles. The van der Waals surface area contributed by atoms with E-state index in [1.807, 2.05) is 0 Å². The van der Waals surface area contributed by atoms with E-state index in [0.29, 0.717) is 22.9 Å². The lowest BCUT2D eigenvalue weighted by Gasteiger charge is -2.06. The van der Waals surface area contributed by atoms with E-state index >= 15 is 0 Å². The van der Waals surface area contributed by atoms with Crippen LogP contribution in [-0.2, 0) is 10.0 Å². The molecule has 0 aliphatic rings. The molecule has 3 aromatic rings. The Morgan fingerprint density at radius 3 is 2.50 bits per heavy atom. The maximum Gasteiger partial charge on any atom is 0.283 e. The molecule has 1 heterocycles. The van der Waals surface area contributed by atoms with Crippen molar-refractivity contribution in [3.8, 4) is 5.75 Å². The van der Waals surface area contributed by atoms with Crippen LogP contribution in [0.3, 0.4) is 0 Å². The quantitative estimate of drug-likeness (QED) is 0.689. The van der Waals surface area contributed by atoms with Crippen LogP contribution in [-0.4, -0.2) is 31.0 Å². The molecule has 0 radical (unpaired) electrons. The Labute approximate surface area is 127 Å². The number of fused-ring (bicyclic) bond motifs is 1. The van der Waals surface area contributed by atoms with Gasteiger partial charge in [-0.15, -0.1) is 0 Å². The molecule has 2 aromatic carbocycles. The standard InChI is InChI=1S/C15H12N2O4S/c1-21-11-7-8-15-13(9-11)14(10-18)16-17(15)22(19,20)12-5-3-2-4-6-12/h2-10H,1H3. The molecule has 0 aliphatic carbocycles. The van der Waals surface area contributed by atoms with Crippen molar-refractivity contribution >= 4 is 27.2 Å². The fourth-order valence-corrected chi connectivity index (χ4v) is 3.50. The van der Waals surface area contributed by atoms with Gasteiger partial charge in [0.25, 0.3) is 10.0 Å². The SMILES string of the molecule is COc1ccc2c(c1)c(C=O)nn2S(=O)(=O)c1ccccc1. The van der Waals surface area contributed by atoms with Gasteiger partial charge in [0, 0.05) is 5.39 Å². The third-order valence-electron chi connectivity index (χ3n) is 3.26. The minimum atomic E-state index is -3.87. The summed E-state index contributed by atoms with van der Waals surface area (Å²) in [7, 11) is -2.38. The summed E-state index contributed by atoms with van der Waals surface area (Å²) in [6, 6.07) is 12.7. The molecule has 0 unspecified atom stereocenters. The van der Waals surface area contributed by atoms with E-state index in [2.05, 4.69) is 5.10 Å². The van der Waals surface area contributed by atoms with Gasteiger partial charge in [0.15, 0.2) is 6.29 Å². The number of carbonyl (C=O) groups excluding carboxylic acids is 1. The molecule has 6 nitrogen and oxygen atoms in total. The Morgan fingerprint density at radius 1 is 1.14 bits per heavy atom. The van der Waals surface area contributed by atoms with Crippen molar-refractivity contribution in [2.45, 2.75) is 4.90 Å². The van der Waals surface area contributed by atoms with Crippen LogP contribution in [0.5, 0.6) is 5.75 Å². The first kappa shape index (κ1) is 14.3. The normalized spacial score (nSPS) is 11.5. The highest BCUT2D eigenvalue weighted by Crippen LogP contribution is 2.26. The lowest BCUT2D eigenvalue weighted by atomic mass is 10.2. The zero-order chi connectivity index (χ0) is 15.7. The minimum absolute atomic E-state index is 0.0495. The molecule has 112 valence electrons. The van der Waals surface area contributed by atoms with Gasteiger partial charge in [-0.25, -0.2) is 0 Å². The highest BCUT2D eigenvalue weighted by atomic mass is 32.2. The number of methoxy groups -OCH3 is 1. The van der Waals surface area contributed by atoms with Gasteiger partial charge in [-0.2, -0.15) is 17.6 Å². The number of carbonyl (C=O) groups is 1. The Bertz CT molecular complexity index is 946. The van der Waals surface area contributed by atoms with Crippen LogP contribution in [0.1, 0.15) is 10.5 Å². The molecular formula is C15H12N2O4S. The van der Waals surface area contributed by atoms with Gasteiger partial charge in [-0.1, -0.05) is 18.2 Å². The topological polar surface area (TPSA) is 78.3 Å². The van der Waals surface area contributed by atoms with Crippen LogP contribution in [0.15, 0.2) is 53.4 Å². The molecule has 0 fully saturated rings. The summed E-state index contributed by atoms with van der Waals surface area (Å²) in [6.45, 7) is 0. The van der Waals surface area contributed by atoms with E-state index in [1.165, 1.54) is 19.2 Å². The molecule has 0 amide bonds. The molecule has 0 saturated carbocycles. The molecule has 1 aromatic heterocycles. The van der Waals surface area contributed by atoms with E-state index in [9.17, 15) is 13.2 Å². The van der Waals surface area contributed by atoms with Crippen molar-refractivity contribution in [3.63, 3.8) is 0 Å². The molecule has 0 aliphatic heterocycles. The molecule has 22 heavy (non-hydrogen) atoms. The number of aromatic nitrogens is 2. The summed E-state index contributed by atoms with van der Waals surface area (Å²) in [5.41, 5.74) is 0.375. The first-order chi connectivity index (χ1) is 10.6. The molecule has 0 N–H and O–H groups in total. The second-order valence-electron chi connectivity index (χ2n) is 4.55. The highest BCUT2D eigenvalue weighted by molar-refractivity contribution is 7.90. The maximum atomic E-state index is 12.7. The third kappa shape index (κ3) is 2.15. The highest BCUT2D eigenvalue weighted by Gasteiger charge is 2.22. The van der Waals surface area contributed by atoms with Crippen molar-refractivity contribution in [1.29, 1.82) is 0 Å². The smallest absolute Gasteiger partial charge is 0.283 e. The van der Waals surface area contributed by atoms with Crippen molar-refractivity contribution < 1.29 is 17.9 Å². The zero-order valence-corrected chi connectivity index (χ0v) is 12.4. The van der Waals surface area contributed by atoms with Crippen LogP contribution < -0.4 is 4.74 Å². The van der Waals surface area contributed by atoms with E-state index in [4.69, 9.17) is 4.74 Å². The maximum absolute atomic E-state index is 12.7. The lowest BCUT2D eigenvalue weighted by Crippen LogP contribution is -2.14. The predicted octanol–water partition coefficient (Wildman–Crippen LogP) is 2.09. The molecule has 0 atom stereocenters. The van der Waals surface area contributed by atoms with Crippen LogP contribution >= 0.6 is 0 Å². The molecular weight excluding hydrogens is 304 g/mol. The summed E-state index contributed by atoms with van der Waals surface area (Å²) in [5.74, 6) is 0.521. The predicted molar refractivity (Wildman–Crippen MR) is 80.7 cm³/mol. The van der Waals surface area contributed by atoms with Crippen LogP contribution in [0.2, 0.25) is 0 Å². The van der Waals surface area contributed by atoms with E-state index in [-0.39, 0.29) is 10.6 Å². The van der Waals surface area contributed by atoms with Crippen LogP contribution in [0.25, 0.3) is 10.9 Å². The van der Waals surface area contributed by atoms with Crippen molar-refractivity contribution in [3.05, 3.63) is 54.2 Å². The number of benzene rings is 2. The van der Waals surface area contributed by atoms with Crippen LogP contribution in [0.4, 0.5) is 0 Å². The Hall–Kier alpha value is -2.67. The average molecular weight is 316 g/mol. The van der Waals surface area contributed by atoms with E-state index in [1.54, 1.807) is 36.4 Å². The lowest BCUT2D eigenvalue weighted by molar-refractivity contribution is 0.112. The number of ether oxygens (including phenoxy) is 1. The number of aldehydes is 1. The minimum Gasteiger partial charge on any atom is -0.497 e. The Balaban J connectivity index is 2.30. The average Bonchev–Trinajstić information content (AvgIpc) is 2.94. The largest absolute Gasteiger partial charge is 0.497 e. The Morgan fingerprint density at radius 2 is 1.86 bits per heavy atom. The third-order valence-corrected chi connectivity index (χ3v) is 4.87.